The van der Waals surface area contributed by atoms with Gasteiger partial charge in [-0.2, -0.15) is 0 Å². The van der Waals surface area contributed by atoms with Crippen LogP contribution < -0.4 is 15.5 Å². The SMILES string of the molecule is CCn1cnnc1CNC(=NC)NC1CCN(c2ccccc2)C1. The first-order valence-electron chi connectivity index (χ1n) is 8.44. The molecule has 1 fully saturated rings. The van der Waals surface area contributed by atoms with Crippen molar-refractivity contribution in [3.05, 3.63) is 42.5 Å². The molecule has 1 aromatic heterocycles. The zero-order chi connectivity index (χ0) is 16.8. The van der Waals surface area contributed by atoms with Gasteiger partial charge in [-0.3, -0.25) is 4.99 Å². The molecule has 0 aliphatic carbocycles. The van der Waals surface area contributed by atoms with E-state index in [1.54, 1.807) is 13.4 Å². The Bertz CT molecular complexity index is 665. The number of hydrogen-bond donors (Lipinski definition) is 2. The van der Waals surface area contributed by atoms with Gasteiger partial charge >= 0.3 is 0 Å². The maximum absolute atomic E-state index is 4.32. The number of aliphatic imine (C=N–C) groups is 1. The van der Waals surface area contributed by atoms with Crippen molar-refractivity contribution in [1.29, 1.82) is 0 Å². The maximum Gasteiger partial charge on any atom is 0.191 e. The molecule has 2 aromatic rings. The smallest absolute Gasteiger partial charge is 0.191 e. The fourth-order valence-electron chi connectivity index (χ4n) is 2.98. The molecule has 128 valence electrons. The van der Waals surface area contributed by atoms with Crippen LogP contribution in [0.5, 0.6) is 0 Å². The van der Waals surface area contributed by atoms with Crippen molar-refractivity contribution in [3.63, 3.8) is 0 Å². The van der Waals surface area contributed by atoms with E-state index in [1.807, 2.05) is 4.57 Å². The molecule has 0 saturated carbocycles. The molecule has 24 heavy (non-hydrogen) atoms. The summed E-state index contributed by atoms with van der Waals surface area (Å²) in [5.74, 6) is 1.72. The molecule has 0 spiro atoms. The first kappa shape index (κ1) is 16.3. The van der Waals surface area contributed by atoms with Crippen molar-refractivity contribution in [2.24, 2.45) is 4.99 Å². The summed E-state index contributed by atoms with van der Waals surface area (Å²) < 4.78 is 2.02. The van der Waals surface area contributed by atoms with Crippen LogP contribution in [0, 0.1) is 0 Å². The molecule has 1 saturated heterocycles. The number of rotatable bonds is 5. The summed E-state index contributed by atoms with van der Waals surface area (Å²) in [7, 11) is 1.80. The molecule has 0 radical (unpaired) electrons. The normalized spacial score (nSPS) is 18.0. The van der Waals surface area contributed by atoms with E-state index < -0.39 is 0 Å². The van der Waals surface area contributed by atoms with Gasteiger partial charge in [0.1, 0.15) is 6.33 Å². The molecule has 0 bridgehead atoms. The highest BCUT2D eigenvalue weighted by Gasteiger charge is 2.23. The van der Waals surface area contributed by atoms with Crippen molar-refractivity contribution in [3.8, 4) is 0 Å². The summed E-state index contributed by atoms with van der Waals surface area (Å²) in [4.78, 5) is 6.72. The van der Waals surface area contributed by atoms with Crippen molar-refractivity contribution in [2.45, 2.75) is 32.5 Å². The highest BCUT2D eigenvalue weighted by molar-refractivity contribution is 5.80. The Balaban J connectivity index is 1.51. The van der Waals surface area contributed by atoms with E-state index in [2.05, 4.69) is 68.0 Å². The average molecular weight is 327 g/mol. The molecule has 7 heteroatoms. The Labute approximate surface area is 142 Å². The van der Waals surface area contributed by atoms with Crippen molar-refractivity contribution < 1.29 is 0 Å². The predicted molar refractivity (Wildman–Crippen MR) is 96.1 cm³/mol. The third-order valence-corrected chi connectivity index (χ3v) is 4.32. The zero-order valence-electron chi connectivity index (χ0n) is 14.3. The molecule has 2 heterocycles. The molecule has 7 nitrogen and oxygen atoms in total. The van der Waals surface area contributed by atoms with E-state index >= 15 is 0 Å². The third-order valence-electron chi connectivity index (χ3n) is 4.32. The zero-order valence-corrected chi connectivity index (χ0v) is 14.3. The van der Waals surface area contributed by atoms with E-state index in [9.17, 15) is 0 Å². The van der Waals surface area contributed by atoms with Crippen LogP contribution in [0.2, 0.25) is 0 Å². The van der Waals surface area contributed by atoms with Gasteiger partial charge in [0.25, 0.3) is 0 Å². The Kier molecular flexibility index (Phi) is 5.30. The summed E-state index contributed by atoms with van der Waals surface area (Å²) in [6.07, 6.45) is 2.85. The number of nitrogens with zero attached hydrogens (tertiary/aromatic N) is 5. The molecule has 3 rings (SSSR count). The minimum Gasteiger partial charge on any atom is -0.369 e. The van der Waals surface area contributed by atoms with Gasteiger partial charge in [-0.1, -0.05) is 18.2 Å². The summed E-state index contributed by atoms with van der Waals surface area (Å²) in [5, 5.41) is 14.9. The largest absolute Gasteiger partial charge is 0.369 e. The van der Waals surface area contributed by atoms with Gasteiger partial charge in [0.2, 0.25) is 0 Å². The summed E-state index contributed by atoms with van der Waals surface area (Å²) in [5.41, 5.74) is 1.28. The Morgan fingerprint density at radius 1 is 1.33 bits per heavy atom. The van der Waals surface area contributed by atoms with Gasteiger partial charge in [0.15, 0.2) is 11.8 Å². The Morgan fingerprint density at radius 2 is 2.17 bits per heavy atom. The average Bonchev–Trinajstić information content (AvgIpc) is 3.28. The first-order valence-corrected chi connectivity index (χ1v) is 8.44. The van der Waals surface area contributed by atoms with Crippen LogP contribution in [0.25, 0.3) is 0 Å². The standard InChI is InChI=1S/C17H25N7/c1-3-23-13-20-22-16(23)11-19-17(18-2)21-14-9-10-24(12-14)15-7-5-4-6-8-15/h4-8,13-14H,3,9-12H2,1-2H3,(H2,18,19,21). The minimum absolute atomic E-state index is 0.389. The molecule has 1 aliphatic rings. The van der Waals surface area contributed by atoms with Gasteiger partial charge in [-0.25, -0.2) is 0 Å². The van der Waals surface area contributed by atoms with Gasteiger partial charge in [-0.05, 0) is 25.5 Å². The van der Waals surface area contributed by atoms with E-state index in [0.717, 1.165) is 37.8 Å². The monoisotopic (exact) mass is 327 g/mol. The van der Waals surface area contributed by atoms with Gasteiger partial charge in [0, 0.05) is 38.4 Å². The molecule has 1 aromatic carbocycles. The van der Waals surface area contributed by atoms with Gasteiger partial charge < -0.3 is 20.1 Å². The minimum atomic E-state index is 0.389. The van der Waals surface area contributed by atoms with Gasteiger partial charge in [-0.15, -0.1) is 10.2 Å². The number of anilines is 1. The Morgan fingerprint density at radius 3 is 2.92 bits per heavy atom. The molecule has 1 aliphatic heterocycles. The number of guanidine groups is 1. The van der Waals surface area contributed by atoms with Crippen LogP contribution in [0.1, 0.15) is 19.2 Å². The predicted octanol–water partition coefficient (Wildman–Crippen LogP) is 1.24. The number of hydrogen-bond acceptors (Lipinski definition) is 4. The third kappa shape index (κ3) is 3.84. The molecule has 1 atom stereocenters. The van der Waals surface area contributed by atoms with Crippen LogP contribution in [-0.2, 0) is 13.1 Å². The quantitative estimate of drug-likeness (QED) is 0.639. The highest BCUT2D eigenvalue weighted by atomic mass is 15.3. The molecule has 2 N–H and O–H groups in total. The lowest BCUT2D eigenvalue weighted by atomic mass is 10.3. The van der Waals surface area contributed by atoms with E-state index in [4.69, 9.17) is 0 Å². The lowest BCUT2D eigenvalue weighted by Crippen LogP contribution is -2.44. The van der Waals surface area contributed by atoms with Crippen molar-refractivity contribution in [2.75, 3.05) is 25.0 Å². The van der Waals surface area contributed by atoms with Crippen molar-refractivity contribution in [1.82, 2.24) is 25.4 Å². The van der Waals surface area contributed by atoms with Crippen LogP contribution in [0.3, 0.4) is 0 Å². The number of nitrogens with one attached hydrogen (secondary N) is 2. The van der Waals surface area contributed by atoms with Crippen molar-refractivity contribution >= 4 is 11.6 Å². The second kappa shape index (κ2) is 7.81. The lowest BCUT2D eigenvalue weighted by Gasteiger charge is -2.20. The summed E-state index contributed by atoms with van der Waals surface area (Å²) in [6.45, 7) is 5.60. The molecule has 1 unspecified atom stereocenters. The van der Waals surface area contributed by atoms with E-state index in [1.165, 1.54) is 5.69 Å². The van der Waals surface area contributed by atoms with Crippen LogP contribution in [0.15, 0.2) is 41.7 Å². The molecular formula is C17H25N7. The second-order valence-corrected chi connectivity index (χ2v) is 5.87. The molecular weight excluding hydrogens is 302 g/mol. The fourth-order valence-corrected chi connectivity index (χ4v) is 2.98. The lowest BCUT2D eigenvalue weighted by molar-refractivity contribution is 0.631. The fraction of sp³-hybridized carbons (Fsp3) is 0.471. The summed E-state index contributed by atoms with van der Waals surface area (Å²) in [6, 6.07) is 10.9. The van der Waals surface area contributed by atoms with E-state index in [-0.39, 0.29) is 0 Å². The first-order chi connectivity index (χ1) is 11.8. The number of para-hydroxylation sites is 1. The number of aryl methyl sites for hydroxylation is 1. The van der Waals surface area contributed by atoms with E-state index in [0.29, 0.717) is 12.6 Å². The van der Waals surface area contributed by atoms with Crippen LogP contribution >= 0.6 is 0 Å². The number of benzene rings is 1. The topological polar surface area (TPSA) is 70.4 Å². The Hall–Kier alpha value is -2.57. The number of aromatic nitrogens is 3. The van der Waals surface area contributed by atoms with Gasteiger partial charge in [0.05, 0.1) is 6.54 Å². The maximum atomic E-state index is 4.32. The second-order valence-electron chi connectivity index (χ2n) is 5.87. The summed E-state index contributed by atoms with van der Waals surface area (Å²) >= 11 is 0. The van der Waals surface area contributed by atoms with Crippen LogP contribution in [-0.4, -0.2) is 46.9 Å². The molecule has 0 amide bonds. The van der Waals surface area contributed by atoms with Crippen LogP contribution in [0.4, 0.5) is 5.69 Å². The highest BCUT2D eigenvalue weighted by Crippen LogP contribution is 2.19.